The lowest BCUT2D eigenvalue weighted by Crippen LogP contribution is -2.48. The molecule has 72 valence electrons. The van der Waals surface area contributed by atoms with Gasteiger partial charge in [0.2, 0.25) is 0 Å². The van der Waals surface area contributed by atoms with Crippen molar-refractivity contribution in [3.05, 3.63) is 16.0 Å². The first-order valence-corrected chi connectivity index (χ1v) is 5.40. The van der Waals surface area contributed by atoms with Crippen molar-refractivity contribution in [3.63, 3.8) is 0 Å². The van der Waals surface area contributed by atoms with Crippen LogP contribution in [-0.4, -0.2) is 46.0 Å². The van der Waals surface area contributed by atoms with Crippen LogP contribution >= 0.6 is 22.6 Å². The second kappa shape index (κ2) is 3.93. The second-order valence-electron chi connectivity index (χ2n) is 3.28. The van der Waals surface area contributed by atoms with Gasteiger partial charge in [-0.2, -0.15) is 5.10 Å². The number of rotatable bonds is 3. The van der Waals surface area contributed by atoms with E-state index in [1.165, 1.54) is 3.57 Å². The van der Waals surface area contributed by atoms with Crippen LogP contribution in [0, 0.1) is 3.57 Å². The van der Waals surface area contributed by atoms with Crippen molar-refractivity contribution in [3.8, 4) is 0 Å². The molecule has 0 unspecified atom stereocenters. The SMILES string of the molecule is OCCN1CC(n2cc(I)cn2)C1. The maximum absolute atomic E-state index is 8.70. The summed E-state index contributed by atoms with van der Waals surface area (Å²) in [6.45, 7) is 3.06. The molecule has 1 aromatic heterocycles. The van der Waals surface area contributed by atoms with Gasteiger partial charge in [0.05, 0.1) is 22.4 Å². The first-order chi connectivity index (χ1) is 6.29. The van der Waals surface area contributed by atoms with Crippen molar-refractivity contribution in [1.82, 2.24) is 14.7 Å². The van der Waals surface area contributed by atoms with Gasteiger partial charge in [-0.25, -0.2) is 0 Å². The molecule has 4 nitrogen and oxygen atoms in total. The minimum absolute atomic E-state index is 0.253. The van der Waals surface area contributed by atoms with Gasteiger partial charge >= 0.3 is 0 Å². The fraction of sp³-hybridized carbons (Fsp3) is 0.625. The van der Waals surface area contributed by atoms with Crippen LogP contribution in [0.25, 0.3) is 0 Å². The zero-order valence-corrected chi connectivity index (χ0v) is 9.38. The van der Waals surface area contributed by atoms with Crippen LogP contribution in [0.3, 0.4) is 0 Å². The lowest BCUT2D eigenvalue weighted by Gasteiger charge is -2.38. The topological polar surface area (TPSA) is 41.3 Å². The summed E-state index contributed by atoms with van der Waals surface area (Å²) < 4.78 is 3.19. The Morgan fingerprint density at radius 2 is 2.38 bits per heavy atom. The third kappa shape index (κ3) is 2.03. The largest absolute Gasteiger partial charge is 0.395 e. The average molecular weight is 293 g/mol. The van der Waals surface area contributed by atoms with E-state index in [2.05, 4.69) is 38.8 Å². The number of aromatic nitrogens is 2. The van der Waals surface area contributed by atoms with Gasteiger partial charge in [-0.15, -0.1) is 0 Å². The van der Waals surface area contributed by atoms with E-state index in [0.717, 1.165) is 19.6 Å². The summed E-state index contributed by atoms with van der Waals surface area (Å²) in [7, 11) is 0. The molecule has 0 radical (unpaired) electrons. The molecular formula is C8H12IN3O. The highest BCUT2D eigenvalue weighted by Gasteiger charge is 2.27. The maximum atomic E-state index is 8.70. The van der Waals surface area contributed by atoms with E-state index in [1.54, 1.807) is 0 Å². The number of aliphatic hydroxyl groups excluding tert-OH is 1. The van der Waals surface area contributed by atoms with Crippen molar-refractivity contribution in [2.45, 2.75) is 6.04 Å². The predicted octanol–water partition coefficient (Wildman–Crippen LogP) is 0.337. The van der Waals surface area contributed by atoms with Crippen molar-refractivity contribution >= 4 is 22.6 Å². The summed E-state index contributed by atoms with van der Waals surface area (Å²) in [5.41, 5.74) is 0. The number of aliphatic hydroxyl groups is 1. The Kier molecular flexibility index (Phi) is 2.85. The second-order valence-corrected chi connectivity index (χ2v) is 4.52. The molecule has 1 N–H and O–H groups in total. The number of nitrogens with zero attached hydrogens (tertiary/aromatic N) is 3. The van der Waals surface area contributed by atoms with Gasteiger partial charge in [0, 0.05) is 25.8 Å². The van der Waals surface area contributed by atoms with Gasteiger partial charge in [0.15, 0.2) is 0 Å². The first-order valence-electron chi connectivity index (χ1n) is 4.32. The normalized spacial score (nSPS) is 18.9. The molecule has 0 bridgehead atoms. The van der Waals surface area contributed by atoms with E-state index < -0.39 is 0 Å². The number of likely N-dealkylation sites (tertiary alicyclic amines) is 1. The highest BCUT2D eigenvalue weighted by Crippen LogP contribution is 2.20. The number of hydrogen-bond donors (Lipinski definition) is 1. The Hall–Kier alpha value is -0.140. The average Bonchev–Trinajstić information content (AvgIpc) is 2.43. The summed E-state index contributed by atoms with van der Waals surface area (Å²) in [5.74, 6) is 0. The number of halogens is 1. The quantitative estimate of drug-likeness (QED) is 0.817. The third-order valence-corrected chi connectivity index (χ3v) is 2.86. The smallest absolute Gasteiger partial charge is 0.0773 e. The first kappa shape index (κ1) is 9.42. The minimum Gasteiger partial charge on any atom is -0.395 e. The van der Waals surface area contributed by atoms with Gasteiger partial charge in [-0.1, -0.05) is 0 Å². The summed E-state index contributed by atoms with van der Waals surface area (Å²) in [6.07, 6.45) is 3.93. The molecule has 1 saturated heterocycles. The van der Waals surface area contributed by atoms with Gasteiger partial charge in [0.25, 0.3) is 0 Å². The van der Waals surface area contributed by atoms with Crippen LogP contribution in [0.4, 0.5) is 0 Å². The molecule has 1 fully saturated rings. The van der Waals surface area contributed by atoms with Crippen molar-refractivity contribution in [2.75, 3.05) is 26.2 Å². The fourth-order valence-electron chi connectivity index (χ4n) is 1.55. The monoisotopic (exact) mass is 293 g/mol. The molecule has 0 saturated carbocycles. The van der Waals surface area contributed by atoms with E-state index in [4.69, 9.17) is 5.11 Å². The van der Waals surface area contributed by atoms with E-state index in [1.807, 2.05) is 10.9 Å². The molecule has 0 aromatic carbocycles. The maximum Gasteiger partial charge on any atom is 0.0773 e. The van der Waals surface area contributed by atoms with Gasteiger partial charge in [-0.3, -0.25) is 9.58 Å². The molecule has 2 heterocycles. The van der Waals surface area contributed by atoms with Crippen LogP contribution < -0.4 is 0 Å². The lowest BCUT2D eigenvalue weighted by molar-refractivity contribution is 0.0774. The standard InChI is InChI=1S/C8H12IN3O/c9-7-3-10-12(4-7)8-5-11(6-8)1-2-13/h3-4,8,13H,1-2,5-6H2. The van der Waals surface area contributed by atoms with E-state index in [-0.39, 0.29) is 6.61 Å². The molecule has 2 rings (SSSR count). The summed E-state index contributed by atoms with van der Waals surface area (Å²) in [5, 5.41) is 12.9. The van der Waals surface area contributed by atoms with E-state index in [9.17, 15) is 0 Å². The molecule has 13 heavy (non-hydrogen) atoms. The Labute approximate surface area is 90.7 Å². The number of β-amino-alcohol motifs (C(OH)–C–C–N with tert-alkyl or cyclic N) is 1. The van der Waals surface area contributed by atoms with Crippen LogP contribution in [0.15, 0.2) is 12.4 Å². The molecule has 1 aliphatic heterocycles. The number of hydrogen-bond acceptors (Lipinski definition) is 3. The van der Waals surface area contributed by atoms with Crippen molar-refractivity contribution in [1.29, 1.82) is 0 Å². The predicted molar refractivity (Wildman–Crippen MR) is 57.5 cm³/mol. The van der Waals surface area contributed by atoms with Gasteiger partial charge in [-0.05, 0) is 22.6 Å². The van der Waals surface area contributed by atoms with Gasteiger partial charge in [0.1, 0.15) is 0 Å². The molecule has 5 heteroatoms. The Bertz CT molecular complexity index is 283. The molecule has 0 atom stereocenters. The highest BCUT2D eigenvalue weighted by molar-refractivity contribution is 14.1. The molecule has 0 spiro atoms. The van der Waals surface area contributed by atoms with Crippen LogP contribution in [0.2, 0.25) is 0 Å². The fourth-order valence-corrected chi connectivity index (χ4v) is 1.96. The Balaban J connectivity index is 1.86. The van der Waals surface area contributed by atoms with Crippen LogP contribution in [-0.2, 0) is 0 Å². The Morgan fingerprint density at radius 1 is 1.62 bits per heavy atom. The van der Waals surface area contributed by atoms with Crippen LogP contribution in [0.5, 0.6) is 0 Å². The van der Waals surface area contributed by atoms with Crippen LogP contribution in [0.1, 0.15) is 6.04 Å². The molecule has 1 aromatic rings. The molecule has 0 aliphatic carbocycles. The summed E-state index contributed by atoms with van der Waals surface area (Å²) in [6, 6.07) is 0.509. The zero-order valence-electron chi connectivity index (χ0n) is 7.23. The lowest BCUT2D eigenvalue weighted by atomic mass is 10.1. The van der Waals surface area contributed by atoms with E-state index in [0.29, 0.717) is 6.04 Å². The third-order valence-electron chi connectivity index (χ3n) is 2.30. The summed E-state index contributed by atoms with van der Waals surface area (Å²) >= 11 is 2.26. The van der Waals surface area contributed by atoms with E-state index >= 15 is 0 Å². The minimum atomic E-state index is 0.253. The highest BCUT2D eigenvalue weighted by atomic mass is 127. The summed E-state index contributed by atoms with van der Waals surface area (Å²) in [4.78, 5) is 2.22. The van der Waals surface area contributed by atoms with Gasteiger partial charge < -0.3 is 5.11 Å². The molecular weight excluding hydrogens is 281 g/mol. The molecule has 0 amide bonds. The van der Waals surface area contributed by atoms with Crippen molar-refractivity contribution in [2.24, 2.45) is 0 Å². The molecule has 1 aliphatic rings. The zero-order chi connectivity index (χ0) is 9.26. The Morgan fingerprint density at radius 3 is 2.92 bits per heavy atom. The van der Waals surface area contributed by atoms with Crippen molar-refractivity contribution < 1.29 is 5.11 Å².